The fourth-order valence-corrected chi connectivity index (χ4v) is 0.427. The van der Waals surface area contributed by atoms with Gasteiger partial charge in [0.05, 0.1) is 0 Å². The molecule has 1 N–H and O–H groups in total. The summed E-state index contributed by atoms with van der Waals surface area (Å²) >= 11 is 1.85. The van der Waals surface area contributed by atoms with Gasteiger partial charge in [-0.3, -0.25) is 4.79 Å². The average molecular weight is 258 g/mol. The van der Waals surface area contributed by atoms with Crippen LogP contribution < -0.4 is 0 Å². The van der Waals surface area contributed by atoms with Crippen molar-refractivity contribution in [1.82, 2.24) is 0 Å². The highest BCUT2D eigenvalue weighted by Gasteiger charge is 2.10. The van der Waals surface area contributed by atoms with Gasteiger partial charge in [0.1, 0.15) is 3.92 Å². The van der Waals surface area contributed by atoms with Gasteiger partial charge in [0, 0.05) is 0 Å². The van der Waals surface area contributed by atoms with Crippen LogP contribution in [0.3, 0.4) is 0 Å². The Labute approximate surface area is 71.7 Å². The van der Waals surface area contributed by atoms with E-state index in [0.29, 0.717) is 0 Å². The first-order valence-corrected chi connectivity index (χ1v) is 3.81. The molecule has 0 aliphatic carbocycles. The second-order valence-corrected chi connectivity index (χ2v) is 3.49. The normalized spacial score (nSPS) is 12.2. The minimum Gasteiger partial charge on any atom is -0.479 e. The van der Waals surface area contributed by atoms with E-state index in [1.807, 2.05) is 22.6 Å². The van der Waals surface area contributed by atoms with Gasteiger partial charge in [-0.15, -0.1) is 0 Å². The predicted octanol–water partition coefficient (Wildman–Crippen LogP) is 0.438. The molecule has 0 bridgehead atoms. The number of hydrogen-bond acceptors (Lipinski definition) is 3. The number of ether oxygens (including phenoxy) is 1. The van der Waals surface area contributed by atoms with Crippen LogP contribution in [0, 0.1) is 0 Å². The van der Waals surface area contributed by atoms with Crippen LogP contribution in [0.15, 0.2) is 0 Å². The zero-order valence-corrected chi connectivity index (χ0v) is 7.49. The van der Waals surface area contributed by atoms with Crippen LogP contribution in [-0.4, -0.2) is 27.6 Å². The number of esters is 1. The number of hydrogen-bond donors (Lipinski definition) is 1. The molecular weight excluding hydrogens is 251 g/mol. The number of carbonyl (C=O) groups is 2. The van der Waals surface area contributed by atoms with Gasteiger partial charge >= 0.3 is 11.9 Å². The van der Waals surface area contributed by atoms with Gasteiger partial charge in [-0.2, -0.15) is 0 Å². The maximum Gasteiger partial charge on any atom is 0.341 e. The molecule has 4 nitrogen and oxygen atoms in total. The van der Waals surface area contributed by atoms with Crippen LogP contribution in [0.25, 0.3) is 0 Å². The van der Waals surface area contributed by atoms with Gasteiger partial charge < -0.3 is 9.84 Å². The van der Waals surface area contributed by atoms with Crippen molar-refractivity contribution in [3.8, 4) is 0 Å². The fraction of sp³-hybridized carbons (Fsp3) is 0.600. The van der Waals surface area contributed by atoms with Gasteiger partial charge in [0.25, 0.3) is 0 Å². The van der Waals surface area contributed by atoms with Gasteiger partial charge in [0.2, 0.25) is 0 Å². The molecule has 0 fully saturated rings. The van der Waals surface area contributed by atoms with Crippen molar-refractivity contribution >= 4 is 34.5 Å². The molecule has 0 aromatic carbocycles. The van der Waals surface area contributed by atoms with Crippen molar-refractivity contribution in [2.24, 2.45) is 0 Å². The van der Waals surface area contributed by atoms with E-state index in [4.69, 9.17) is 5.11 Å². The maximum absolute atomic E-state index is 10.6. The molecule has 0 radical (unpaired) electrons. The van der Waals surface area contributed by atoms with Gasteiger partial charge in [-0.1, -0.05) is 22.6 Å². The molecular formula is C5H7IO4. The molecule has 0 saturated carbocycles. The second kappa shape index (κ2) is 4.48. The number of rotatable bonds is 3. The standard InChI is InChI=1S/C5H7IO4/c1-3(6)5(9)10-2-4(7)8/h3H,2H2,1H3,(H,7,8). The van der Waals surface area contributed by atoms with Crippen molar-refractivity contribution in [2.45, 2.75) is 10.8 Å². The molecule has 0 aromatic rings. The average Bonchev–Trinajstić information content (AvgIpc) is 1.82. The van der Waals surface area contributed by atoms with Crippen LogP contribution >= 0.6 is 22.6 Å². The fourth-order valence-electron chi connectivity index (χ4n) is 0.248. The Morgan fingerprint density at radius 3 is 2.50 bits per heavy atom. The number of alkyl halides is 1. The molecule has 5 heteroatoms. The second-order valence-electron chi connectivity index (χ2n) is 1.62. The Hall–Kier alpha value is -0.330. The largest absolute Gasteiger partial charge is 0.479 e. The molecule has 10 heavy (non-hydrogen) atoms. The Morgan fingerprint density at radius 1 is 1.70 bits per heavy atom. The number of carboxylic acids is 1. The van der Waals surface area contributed by atoms with Crippen LogP contribution in [-0.2, 0) is 14.3 Å². The molecule has 0 heterocycles. The zero-order chi connectivity index (χ0) is 8.15. The molecule has 0 amide bonds. The first-order valence-electron chi connectivity index (χ1n) is 2.56. The summed E-state index contributed by atoms with van der Waals surface area (Å²) < 4.78 is 4.02. The van der Waals surface area contributed by atoms with Crippen molar-refractivity contribution in [3.05, 3.63) is 0 Å². The quantitative estimate of drug-likeness (QED) is 0.453. The molecule has 0 spiro atoms. The minimum absolute atomic E-state index is 0.294. The lowest BCUT2D eigenvalue weighted by Crippen LogP contribution is -2.18. The number of carboxylic acid groups (broad SMARTS) is 1. The Kier molecular flexibility index (Phi) is 4.33. The van der Waals surface area contributed by atoms with Crippen molar-refractivity contribution in [2.75, 3.05) is 6.61 Å². The van der Waals surface area contributed by atoms with Crippen LogP contribution in [0.5, 0.6) is 0 Å². The first kappa shape index (κ1) is 9.67. The summed E-state index contributed by atoms with van der Waals surface area (Å²) in [5.74, 6) is -1.63. The zero-order valence-electron chi connectivity index (χ0n) is 5.33. The van der Waals surface area contributed by atoms with Gasteiger partial charge in [-0.25, -0.2) is 4.79 Å². The monoisotopic (exact) mass is 258 g/mol. The highest BCUT2D eigenvalue weighted by molar-refractivity contribution is 14.1. The number of halogens is 1. The topological polar surface area (TPSA) is 63.6 Å². The lowest BCUT2D eigenvalue weighted by Gasteiger charge is -2.01. The molecule has 0 aromatic heterocycles. The van der Waals surface area contributed by atoms with E-state index < -0.39 is 18.5 Å². The Bertz CT molecular complexity index is 143. The molecule has 0 aliphatic heterocycles. The van der Waals surface area contributed by atoms with Crippen LogP contribution in [0.1, 0.15) is 6.92 Å². The van der Waals surface area contributed by atoms with E-state index in [9.17, 15) is 9.59 Å². The lowest BCUT2D eigenvalue weighted by molar-refractivity contribution is -0.154. The predicted molar refractivity (Wildman–Crippen MR) is 42.1 cm³/mol. The summed E-state index contributed by atoms with van der Waals surface area (Å²) in [4.78, 5) is 20.4. The third kappa shape index (κ3) is 4.54. The van der Waals surface area contributed by atoms with Crippen molar-refractivity contribution < 1.29 is 19.4 Å². The summed E-state index contributed by atoms with van der Waals surface area (Å²) in [5.41, 5.74) is 0. The highest BCUT2D eigenvalue weighted by atomic mass is 127. The van der Waals surface area contributed by atoms with E-state index in [-0.39, 0.29) is 3.92 Å². The molecule has 0 rings (SSSR count). The number of aliphatic carboxylic acids is 1. The summed E-state index contributed by atoms with van der Waals surface area (Å²) in [7, 11) is 0. The number of carbonyl (C=O) groups excluding carboxylic acids is 1. The van der Waals surface area contributed by atoms with E-state index in [1.165, 1.54) is 0 Å². The molecule has 58 valence electrons. The summed E-state index contributed by atoms with van der Waals surface area (Å²) in [6, 6.07) is 0. The third-order valence-corrected chi connectivity index (χ3v) is 1.17. The molecule has 0 aliphatic rings. The Balaban J connectivity index is 3.50. The summed E-state index contributed by atoms with van der Waals surface area (Å²) in [6.45, 7) is 1.08. The molecule has 1 unspecified atom stereocenters. The third-order valence-electron chi connectivity index (χ3n) is 0.663. The van der Waals surface area contributed by atoms with Gasteiger partial charge in [0.15, 0.2) is 6.61 Å². The van der Waals surface area contributed by atoms with E-state index in [2.05, 4.69) is 4.74 Å². The van der Waals surface area contributed by atoms with E-state index in [1.54, 1.807) is 6.92 Å². The minimum atomic E-state index is -1.13. The SMILES string of the molecule is CC(I)C(=O)OCC(=O)O. The van der Waals surface area contributed by atoms with E-state index >= 15 is 0 Å². The molecule has 0 saturated heterocycles. The maximum atomic E-state index is 10.6. The van der Waals surface area contributed by atoms with Gasteiger partial charge in [-0.05, 0) is 6.92 Å². The van der Waals surface area contributed by atoms with Crippen LogP contribution in [0.4, 0.5) is 0 Å². The van der Waals surface area contributed by atoms with E-state index in [0.717, 1.165) is 0 Å². The first-order chi connectivity index (χ1) is 4.54. The smallest absolute Gasteiger partial charge is 0.341 e. The Morgan fingerprint density at radius 2 is 2.20 bits per heavy atom. The van der Waals surface area contributed by atoms with Crippen LogP contribution in [0.2, 0.25) is 0 Å². The summed E-state index contributed by atoms with van der Waals surface area (Å²) in [6.07, 6.45) is 0. The highest BCUT2D eigenvalue weighted by Crippen LogP contribution is 2.00. The van der Waals surface area contributed by atoms with Crippen molar-refractivity contribution in [1.29, 1.82) is 0 Å². The van der Waals surface area contributed by atoms with Crippen molar-refractivity contribution in [3.63, 3.8) is 0 Å². The molecule has 1 atom stereocenters. The summed E-state index contributed by atoms with van der Waals surface area (Å²) in [5, 5.41) is 8.06. The lowest BCUT2D eigenvalue weighted by atomic mass is 10.5.